The monoisotopic (exact) mass is 592 g/mol. The number of amides is 1. The van der Waals surface area contributed by atoms with E-state index in [9.17, 15) is 15.0 Å². The molecule has 2 unspecified atom stereocenters. The molecule has 42 heavy (non-hydrogen) atoms. The maximum absolute atomic E-state index is 12.3. The zero-order valence-corrected chi connectivity index (χ0v) is 28.3. The summed E-state index contributed by atoms with van der Waals surface area (Å²) in [5.74, 6) is -0.0734. The molecule has 0 fully saturated rings. The quantitative estimate of drug-likeness (QED) is 0.0525. The van der Waals surface area contributed by atoms with Gasteiger partial charge in [0, 0.05) is 6.42 Å². The van der Waals surface area contributed by atoms with Crippen molar-refractivity contribution >= 4 is 5.91 Å². The van der Waals surface area contributed by atoms with Crippen molar-refractivity contribution in [3.63, 3.8) is 0 Å². The van der Waals surface area contributed by atoms with Crippen LogP contribution in [0.15, 0.2) is 24.3 Å². The first-order valence-electron chi connectivity index (χ1n) is 18.6. The minimum Gasteiger partial charge on any atom is -0.394 e. The Balaban J connectivity index is 3.62. The van der Waals surface area contributed by atoms with Crippen LogP contribution >= 0.6 is 0 Å². The van der Waals surface area contributed by atoms with Crippen LogP contribution < -0.4 is 5.32 Å². The standard InChI is InChI=1S/C38H73NO3/c1-3-5-7-9-11-13-15-17-18-19-20-22-24-26-28-30-32-34-38(42)39-36(35-40)37(41)33-31-29-27-25-23-21-16-14-12-10-8-6-4-2/h23,25,31,33,36-37,40-41H,3-22,24,26-30,32,34-35H2,1-2H3,(H,39,42). The Kier molecular flexibility index (Phi) is 33.4. The van der Waals surface area contributed by atoms with E-state index in [1.807, 2.05) is 6.08 Å². The summed E-state index contributed by atoms with van der Waals surface area (Å²) in [4.78, 5) is 12.3. The third-order valence-corrected chi connectivity index (χ3v) is 8.44. The van der Waals surface area contributed by atoms with Crippen molar-refractivity contribution in [1.29, 1.82) is 0 Å². The van der Waals surface area contributed by atoms with Crippen molar-refractivity contribution in [2.45, 2.75) is 206 Å². The van der Waals surface area contributed by atoms with Gasteiger partial charge in [0.1, 0.15) is 0 Å². The molecule has 0 aliphatic rings. The van der Waals surface area contributed by atoms with Crippen LogP contribution in [0.2, 0.25) is 0 Å². The SMILES string of the molecule is CCCCCCCCCC=CCCC=CC(O)C(CO)NC(=O)CCCCCCCCCCCCCCCCCCC. The van der Waals surface area contributed by atoms with Gasteiger partial charge in [0.25, 0.3) is 0 Å². The van der Waals surface area contributed by atoms with E-state index in [1.165, 1.54) is 141 Å². The second kappa shape index (κ2) is 34.4. The first-order valence-corrected chi connectivity index (χ1v) is 18.6. The Hall–Kier alpha value is -1.13. The number of carbonyl (C=O) groups excluding carboxylic acids is 1. The topological polar surface area (TPSA) is 69.6 Å². The molecule has 0 aromatic rings. The van der Waals surface area contributed by atoms with Crippen molar-refractivity contribution in [3.8, 4) is 0 Å². The first kappa shape index (κ1) is 40.9. The van der Waals surface area contributed by atoms with Crippen LogP contribution in [0.25, 0.3) is 0 Å². The molecule has 0 bridgehead atoms. The molecular weight excluding hydrogens is 518 g/mol. The van der Waals surface area contributed by atoms with Gasteiger partial charge in [-0.25, -0.2) is 0 Å². The average molecular weight is 592 g/mol. The summed E-state index contributed by atoms with van der Waals surface area (Å²) in [6.07, 6.45) is 42.6. The smallest absolute Gasteiger partial charge is 0.220 e. The fourth-order valence-corrected chi connectivity index (χ4v) is 5.55. The highest BCUT2D eigenvalue weighted by atomic mass is 16.3. The van der Waals surface area contributed by atoms with E-state index in [1.54, 1.807) is 6.08 Å². The van der Waals surface area contributed by atoms with Crippen molar-refractivity contribution in [2.75, 3.05) is 6.61 Å². The van der Waals surface area contributed by atoms with Gasteiger partial charge >= 0.3 is 0 Å². The molecule has 0 spiro atoms. The summed E-state index contributed by atoms with van der Waals surface area (Å²) < 4.78 is 0. The summed E-state index contributed by atoms with van der Waals surface area (Å²) in [5, 5.41) is 22.8. The Bertz CT molecular complexity index is 603. The Morgan fingerprint density at radius 1 is 0.548 bits per heavy atom. The summed E-state index contributed by atoms with van der Waals surface area (Å²) >= 11 is 0. The maximum atomic E-state index is 12.3. The van der Waals surface area contributed by atoms with Gasteiger partial charge in [0.2, 0.25) is 5.91 Å². The Labute approximate surface area is 262 Å². The lowest BCUT2D eigenvalue weighted by Gasteiger charge is -2.19. The number of allylic oxidation sites excluding steroid dienone is 3. The molecule has 0 aromatic carbocycles. The minimum absolute atomic E-state index is 0.0734. The third kappa shape index (κ3) is 30.3. The molecule has 0 heterocycles. The normalized spacial score (nSPS) is 13.3. The number of aliphatic hydroxyl groups is 2. The van der Waals surface area contributed by atoms with E-state index in [2.05, 4.69) is 31.3 Å². The molecule has 0 rings (SSSR count). The number of nitrogens with one attached hydrogen (secondary N) is 1. The average Bonchev–Trinajstić information content (AvgIpc) is 2.99. The van der Waals surface area contributed by atoms with Crippen molar-refractivity contribution < 1.29 is 15.0 Å². The Morgan fingerprint density at radius 2 is 0.929 bits per heavy atom. The molecule has 0 radical (unpaired) electrons. The van der Waals surface area contributed by atoms with Gasteiger partial charge in [-0.2, -0.15) is 0 Å². The van der Waals surface area contributed by atoms with Crippen LogP contribution in [0.4, 0.5) is 0 Å². The molecule has 1 amide bonds. The van der Waals surface area contributed by atoms with Crippen LogP contribution in [-0.4, -0.2) is 34.9 Å². The van der Waals surface area contributed by atoms with Crippen LogP contribution in [0.3, 0.4) is 0 Å². The van der Waals surface area contributed by atoms with Crippen molar-refractivity contribution in [1.82, 2.24) is 5.32 Å². The number of hydrogen-bond donors (Lipinski definition) is 3. The summed E-state index contributed by atoms with van der Waals surface area (Å²) in [6, 6.07) is -0.632. The summed E-state index contributed by atoms with van der Waals surface area (Å²) in [6.45, 7) is 4.28. The Morgan fingerprint density at radius 3 is 1.38 bits per heavy atom. The van der Waals surface area contributed by atoms with Gasteiger partial charge in [-0.05, 0) is 32.1 Å². The molecule has 0 saturated carbocycles. The fraction of sp³-hybridized carbons (Fsp3) is 0.868. The van der Waals surface area contributed by atoms with Crippen LogP contribution in [0.1, 0.15) is 194 Å². The van der Waals surface area contributed by atoms with Crippen LogP contribution in [0.5, 0.6) is 0 Å². The predicted octanol–water partition coefficient (Wildman–Crippen LogP) is 10.9. The molecule has 4 nitrogen and oxygen atoms in total. The highest BCUT2D eigenvalue weighted by Crippen LogP contribution is 2.14. The zero-order chi connectivity index (χ0) is 30.8. The number of unbranched alkanes of at least 4 members (excludes halogenated alkanes) is 24. The molecule has 248 valence electrons. The lowest BCUT2D eigenvalue weighted by atomic mass is 10.0. The van der Waals surface area contributed by atoms with Gasteiger partial charge in [0.15, 0.2) is 0 Å². The van der Waals surface area contributed by atoms with Gasteiger partial charge in [-0.15, -0.1) is 0 Å². The van der Waals surface area contributed by atoms with Gasteiger partial charge in [-0.1, -0.05) is 179 Å². The molecule has 4 heteroatoms. The minimum atomic E-state index is -0.855. The second-order valence-electron chi connectivity index (χ2n) is 12.6. The lowest BCUT2D eigenvalue weighted by Crippen LogP contribution is -2.45. The van der Waals surface area contributed by atoms with Crippen LogP contribution in [-0.2, 0) is 4.79 Å². The van der Waals surface area contributed by atoms with E-state index < -0.39 is 12.1 Å². The van der Waals surface area contributed by atoms with Crippen molar-refractivity contribution in [3.05, 3.63) is 24.3 Å². The predicted molar refractivity (Wildman–Crippen MR) is 184 cm³/mol. The third-order valence-electron chi connectivity index (χ3n) is 8.44. The molecule has 0 saturated heterocycles. The van der Waals surface area contributed by atoms with E-state index in [0.717, 1.165) is 32.1 Å². The number of hydrogen-bond acceptors (Lipinski definition) is 3. The van der Waals surface area contributed by atoms with E-state index >= 15 is 0 Å². The summed E-state index contributed by atoms with van der Waals surface area (Å²) in [5.41, 5.74) is 0. The molecule has 2 atom stereocenters. The molecule has 0 aliphatic carbocycles. The summed E-state index contributed by atoms with van der Waals surface area (Å²) in [7, 11) is 0. The number of aliphatic hydroxyl groups excluding tert-OH is 2. The lowest BCUT2D eigenvalue weighted by molar-refractivity contribution is -0.123. The number of rotatable bonds is 33. The number of carbonyl (C=O) groups is 1. The van der Waals surface area contributed by atoms with Crippen molar-refractivity contribution in [2.24, 2.45) is 0 Å². The molecule has 0 aliphatic heterocycles. The van der Waals surface area contributed by atoms with Gasteiger partial charge in [-0.3, -0.25) is 4.79 Å². The second-order valence-corrected chi connectivity index (χ2v) is 12.6. The highest BCUT2D eigenvalue weighted by Gasteiger charge is 2.17. The molecule has 0 aromatic heterocycles. The highest BCUT2D eigenvalue weighted by molar-refractivity contribution is 5.76. The first-order chi connectivity index (χ1) is 20.7. The zero-order valence-electron chi connectivity index (χ0n) is 28.3. The maximum Gasteiger partial charge on any atom is 0.220 e. The largest absolute Gasteiger partial charge is 0.394 e. The fourth-order valence-electron chi connectivity index (χ4n) is 5.55. The molecule has 3 N–H and O–H groups in total. The molecular formula is C38H73NO3. The van der Waals surface area contributed by atoms with E-state index in [4.69, 9.17) is 0 Å². The van der Waals surface area contributed by atoms with E-state index in [-0.39, 0.29) is 12.5 Å². The van der Waals surface area contributed by atoms with Gasteiger partial charge in [0.05, 0.1) is 18.8 Å². The van der Waals surface area contributed by atoms with Gasteiger partial charge < -0.3 is 15.5 Å². The van der Waals surface area contributed by atoms with E-state index in [0.29, 0.717) is 6.42 Å². The van der Waals surface area contributed by atoms with Crippen LogP contribution in [0, 0.1) is 0 Å².